The van der Waals surface area contributed by atoms with Gasteiger partial charge in [-0.05, 0) is 37.8 Å². The maximum Gasteiger partial charge on any atom is 0.243 e. The molecule has 1 saturated heterocycles. The Labute approximate surface area is 159 Å². The summed E-state index contributed by atoms with van der Waals surface area (Å²) in [6, 6.07) is 6.57. The molecular weight excluding hydrogens is 369 g/mol. The van der Waals surface area contributed by atoms with Gasteiger partial charge in [-0.2, -0.15) is 5.10 Å². The van der Waals surface area contributed by atoms with Crippen molar-refractivity contribution in [3.05, 3.63) is 47.5 Å². The maximum absolute atomic E-state index is 14.5. The number of nitrogens with one attached hydrogen (secondary N) is 1. The Bertz CT molecular complexity index is 889. The Morgan fingerprint density at radius 1 is 1.30 bits per heavy atom. The van der Waals surface area contributed by atoms with Gasteiger partial charge < -0.3 is 4.74 Å². The van der Waals surface area contributed by atoms with Crippen LogP contribution in [0.15, 0.2) is 35.4 Å². The molecule has 1 aromatic carbocycles. The van der Waals surface area contributed by atoms with Crippen molar-refractivity contribution in [2.24, 2.45) is 0 Å². The first-order chi connectivity index (χ1) is 12.9. The normalized spacial score (nSPS) is 17.1. The van der Waals surface area contributed by atoms with Crippen LogP contribution in [0.3, 0.4) is 0 Å². The second-order valence-corrected chi connectivity index (χ2v) is 8.77. The highest BCUT2D eigenvalue weighted by atomic mass is 32.2. The van der Waals surface area contributed by atoms with E-state index in [0.29, 0.717) is 43.9 Å². The van der Waals surface area contributed by atoms with Gasteiger partial charge in [0, 0.05) is 37.9 Å². The Morgan fingerprint density at radius 3 is 2.67 bits per heavy atom. The summed E-state index contributed by atoms with van der Waals surface area (Å²) in [5, 5.41) is 4.27. The smallest absolute Gasteiger partial charge is 0.243 e. The van der Waals surface area contributed by atoms with Crippen molar-refractivity contribution >= 4 is 10.0 Å². The van der Waals surface area contributed by atoms with Crippen molar-refractivity contribution in [2.75, 3.05) is 19.8 Å². The first kappa shape index (κ1) is 20.0. The standard InChI is InChI=1S/C19H26FN3O3S/c1-3-10-23-13-18(15(2)22-23)27(24,25)21-14-19(8-11-26-12-9-19)16-6-4-5-7-17(16)20/h4-7,13,21H,3,8-12,14H2,1-2H3. The zero-order valence-corrected chi connectivity index (χ0v) is 16.6. The monoisotopic (exact) mass is 395 g/mol. The van der Waals surface area contributed by atoms with Crippen LogP contribution in [0.1, 0.15) is 37.4 Å². The molecule has 1 fully saturated rings. The molecule has 0 atom stereocenters. The molecule has 27 heavy (non-hydrogen) atoms. The lowest BCUT2D eigenvalue weighted by molar-refractivity contribution is 0.0505. The molecule has 1 aliphatic rings. The van der Waals surface area contributed by atoms with Gasteiger partial charge in [0.25, 0.3) is 0 Å². The van der Waals surface area contributed by atoms with Crippen LogP contribution in [0.25, 0.3) is 0 Å². The van der Waals surface area contributed by atoms with Crippen LogP contribution in [0.4, 0.5) is 4.39 Å². The summed E-state index contributed by atoms with van der Waals surface area (Å²) in [5.74, 6) is -0.314. The number of rotatable bonds is 7. The van der Waals surface area contributed by atoms with Crippen LogP contribution in [0.2, 0.25) is 0 Å². The molecular formula is C19H26FN3O3S. The second kappa shape index (κ2) is 8.08. The van der Waals surface area contributed by atoms with Gasteiger partial charge in [-0.1, -0.05) is 25.1 Å². The summed E-state index contributed by atoms with van der Waals surface area (Å²) in [7, 11) is -3.74. The van der Waals surface area contributed by atoms with Crippen LogP contribution in [0.5, 0.6) is 0 Å². The SMILES string of the molecule is CCCn1cc(S(=O)(=O)NCC2(c3ccccc3F)CCOCC2)c(C)n1. The van der Waals surface area contributed by atoms with E-state index in [1.165, 1.54) is 6.07 Å². The van der Waals surface area contributed by atoms with Gasteiger partial charge in [-0.3, -0.25) is 4.68 Å². The summed E-state index contributed by atoms with van der Waals surface area (Å²) < 4.78 is 50.0. The average molecular weight is 396 g/mol. The lowest BCUT2D eigenvalue weighted by Gasteiger charge is -2.38. The second-order valence-electron chi connectivity index (χ2n) is 7.04. The highest BCUT2D eigenvalue weighted by Crippen LogP contribution is 2.36. The van der Waals surface area contributed by atoms with Crippen molar-refractivity contribution < 1.29 is 17.5 Å². The fourth-order valence-corrected chi connectivity index (χ4v) is 4.92. The van der Waals surface area contributed by atoms with Gasteiger partial charge in [-0.25, -0.2) is 17.5 Å². The number of hydrogen-bond acceptors (Lipinski definition) is 4. The van der Waals surface area contributed by atoms with Crippen LogP contribution >= 0.6 is 0 Å². The minimum absolute atomic E-state index is 0.123. The number of halogens is 1. The number of hydrogen-bond donors (Lipinski definition) is 1. The first-order valence-corrected chi connectivity index (χ1v) is 10.7. The molecule has 148 valence electrons. The summed E-state index contributed by atoms with van der Waals surface area (Å²) in [5.41, 5.74) is 0.376. The number of ether oxygens (including phenoxy) is 1. The van der Waals surface area contributed by atoms with E-state index in [1.54, 1.807) is 36.0 Å². The minimum Gasteiger partial charge on any atom is -0.381 e. The molecule has 0 bridgehead atoms. The highest BCUT2D eigenvalue weighted by molar-refractivity contribution is 7.89. The Kier molecular flexibility index (Phi) is 5.98. The Morgan fingerprint density at radius 2 is 2.00 bits per heavy atom. The number of aromatic nitrogens is 2. The van der Waals surface area contributed by atoms with E-state index in [0.717, 1.165) is 6.42 Å². The molecule has 3 rings (SSSR count). The molecule has 1 N–H and O–H groups in total. The molecule has 8 heteroatoms. The van der Waals surface area contributed by atoms with Gasteiger partial charge in [-0.15, -0.1) is 0 Å². The highest BCUT2D eigenvalue weighted by Gasteiger charge is 2.38. The summed E-state index contributed by atoms with van der Waals surface area (Å²) in [6.45, 7) is 5.42. The quantitative estimate of drug-likeness (QED) is 0.782. The predicted molar refractivity (Wildman–Crippen MR) is 101 cm³/mol. The lowest BCUT2D eigenvalue weighted by Crippen LogP contribution is -2.45. The first-order valence-electron chi connectivity index (χ1n) is 9.24. The number of aryl methyl sites for hydroxylation is 2. The third kappa shape index (κ3) is 4.23. The molecule has 0 saturated carbocycles. The number of sulfonamides is 1. The number of nitrogens with zero attached hydrogens (tertiary/aromatic N) is 2. The predicted octanol–water partition coefficient (Wildman–Crippen LogP) is 2.77. The van der Waals surface area contributed by atoms with Gasteiger partial charge in [0.15, 0.2) is 0 Å². The molecule has 6 nitrogen and oxygen atoms in total. The van der Waals surface area contributed by atoms with Crippen molar-refractivity contribution in [3.63, 3.8) is 0 Å². The molecule has 2 aromatic rings. The van der Waals surface area contributed by atoms with Crippen molar-refractivity contribution in [1.82, 2.24) is 14.5 Å². The van der Waals surface area contributed by atoms with Gasteiger partial charge in [0.1, 0.15) is 10.7 Å². The van der Waals surface area contributed by atoms with E-state index in [1.807, 2.05) is 6.92 Å². The van der Waals surface area contributed by atoms with Gasteiger partial charge >= 0.3 is 0 Å². The largest absolute Gasteiger partial charge is 0.381 e. The third-order valence-corrected chi connectivity index (χ3v) is 6.64. The molecule has 0 radical (unpaired) electrons. The van der Waals surface area contributed by atoms with E-state index in [4.69, 9.17) is 4.74 Å². The summed E-state index contributed by atoms with van der Waals surface area (Å²) in [4.78, 5) is 0.173. The topological polar surface area (TPSA) is 73.2 Å². The van der Waals surface area contributed by atoms with Gasteiger partial charge in [0.05, 0.1) is 5.69 Å². The van der Waals surface area contributed by atoms with Crippen LogP contribution in [0, 0.1) is 12.7 Å². The fourth-order valence-electron chi connectivity index (χ4n) is 3.61. The maximum atomic E-state index is 14.5. The van der Waals surface area contributed by atoms with E-state index in [-0.39, 0.29) is 17.3 Å². The van der Waals surface area contributed by atoms with Crippen molar-refractivity contribution in [2.45, 2.75) is 50.0 Å². The number of benzene rings is 1. The van der Waals surface area contributed by atoms with Crippen molar-refractivity contribution in [3.8, 4) is 0 Å². The molecule has 2 heterocycles. The Balaban J connectivity index is 1.86. The summed E-state index contributed by atoms with van der Waals surface area (Å²) in [6.07, 6.45) is 3.54. The zero-order chi connectivity index (χ0) is 19.5. The molecule has 1 aliphatic heterocycles. The van der Waals surface area contributed by atoms with E-state index < -0.39 is 15.4 Å². The molecule has 0 amide bonds. The average Bonchev–Trinajstić information content (AvgIpc) is 3.03. The van der Waals surface area contributed by atoms with Crippen LogP contribution in [-0.2, 0) is 26.7 Å². The van der Waals surface area contributed by atoms with Gasteiger partial charge in [0.2, 0.25) is 10.0 Å². The Hall–Kier alpha value is -1.77. The molecule has 0 aliphatic carbocycles. The minimum atomic E-state index is -3.74. The molecule has 1 aromatic heterocycles. The fraction of sp³-hybridized carbons (Fsp3) is 0.526. The van der Waals surface area contributed by atoms with E-state index in [2.05, 4.69) is 9.82 Å². The third-order valence-electron chi connectivity index (χ3n) is 5.14. The van der Waals surface area contributed by atoms with Crippen LogP contribution < -0.4 is 4.72 Å². The van der Waals surface area contributed by atoms with Crippen molar-refractivity contribution in [1.29, 1.82) is 0 Å². The van der Waals surface area contributed by atoms with E-state index in [9.17, 15) is 12.8 Å². The summed E-state index contributed by atoms with van der Waals surface area (Å²) >= 11 is 0. The molecule has 0 unspecified atom stereocenters. The van der Waals surface area contributed by atoms with Crippen LogP contribution in [-0.4, -0.2) is 38.0 Å². The molecule has 0 spiro atoms. The lowest BCUT2D eigenvalue weighted by atomic mass is 9.74. The zero-order valence-electron chi connectivity index (χ0n) is 15.7. The van der Waals surface area contributed by atoms with E-state index >= 15 is 0 Å².